The Morgan fingerprint density at radius 1 is 0.964 bits per heavy atom. The van der Waals surface area contributed by atoms with Crippen LogP contribution in [0.2, 0.25) is 0 Å². The number of carbonyl (C=O) groups is 2. The van der Waals surface area contributed by atoms with Crippen LogP contribution in [-0.4, -0.2) is 21.1 Å². The number of aromatic nitrogens is 2. The second-order valence-electron chi connectivity index (χ2n) is 6.60. The number of benzene rings is 2. The molecule has 0 aliphatic rings. The largest absolute Gasteiger partial charge is 0.358 e. The number of aromatic amines is 1. The molecule has 0 spiro atoms. The van der Waals surface area contributed by atoms with Crippen molar-refractivity contribution >= 4 is 22.5 Å². The normalized spacial score (nSPS) is 11.9. The highest BCUT2D eigenvalue weighted by Crippen LogP contribution is 2.26. The van der Waals surface area contributed by atoms with E-state index in [2.05, 4.69) is 4.98 Å². The first-order chi connectivity index (χ1) is 13.6. The van der Waals surface area contributed by atoms with Gasteiger partial charge in [0, 0.05) is 45.8 Å². The average molecular weight is 367 g/mol. The molecule has 0 fully saturated rings. The molecule has 1 N–H and O–H groups in total. The standard InChI is InChI=1S/C23H17N3O2/c1-15-21(18-6-2-3-7-20(18)25-15)23(28)19(14-24)22(27)16-8-10-17(11-9-16)26-12-4-5-13-26/h2-13,19,25H,1H3/t19-/m0/s1. The topological polar surface area (TPSA) is 78.7 Å². The molecule has 4 rings (SSSR count). The highest BCUT2D eigenvalue weighted by molar-refractivity contribution is 6.22. The summed E-state index contributed by atoms with van der Waals surface area (Å²) in [6, 6.07) is 20.0. The summed E-state index contributed by atoms with van der Waals surface area (Å²) in [6.07, 6.45) is 3.80. The molecule has 28 heavy (non-hydrogen) atoms. The lowest BCUT2D eigenvalue weighted by atomic mass is 9.90. The first-order valence-corrected chi connectivity index (χ1v) is 8.89. The van der Waals surface area contributed by atoms with Crippen molar-refractivity contribution in [2.24, 2.45) is 5.92 Å². The van der Waals surface area contributed by atoms with Crippen molar-refractivity contribution in [3.63, 3.8) is 0 Å². The Morgan fingerprint density at radius 2 is 1.64 bits per heavy atom. The van der Waals surface area contributed by atoms with Crippen LogP contribution < -0.4 is 0 Å². The van der Waals surface area contributed by atoms with Gasteiger partial charge in [-0.15, -0.1) is 0 Å². The van der Waals surface area contributed by atoms with Gasteiger partial charge in [0.25, 0.3) is 0 Å². The van der Waals surface area contributed by atoms with Gasteiger partial charge in [-0.05, 0) is 49.4 Å². The fraction of sp³-hybridized carbons (Fsp3) is 0.0870. The average Bonchev–Trinajstić information content (AvgIpc) is 3.35. The van der Waals surface area contributed by atoms with Gasteiger partial charge in [0.05, 0.1) is 6.07 Å². The summed E-state index contributed by atoms with van der Waals surface area (Å²) in [6.45, 7) is 1.78. The van der Waals surface area contributed by atoms with Crippen LogP contribution in [-0.2, 0) is 0 Å². The third-order valence-corrected chi connectivity index (χ3v) is 4.85. The molecule has 136 valence electrons. The van der Waals surface area contributed by atoms with Crippen molar-refractivity contribution in [1.82, 2.24) is 9.55 Å². The number of hydrogen-bond donors (Lipinski definition) is 1. The fourth-order valence-corrected chi connectivity index (χ4v) is 3.45. The zero-order valence-electron chi connectivity index (χ0n) is 15.2. The molecule has 5 nitrogen and oxygen atoms in total. The minimum atomic E-state index is -1.38. The van der Waals surface area contributed by atoms with Gasteiger partial charge in [0.1, 0.15) is 0 Å². The van der Waals surface area contributed by atoms with E-state index >= 15 is 0 Å². The van der Waals surface area contributed by atoms with Gasteiger partial charge in [-0.25, -0.2) is 0 Å². The van der Waals surface area contributed by atoms with Crippen LogP contribution in [0.4, 0.5) is 0 Å². The van der Waals surface area contributed by atoms with E-state index in [9.17, 15) is 14.9 Å². The molecule has 2 aromatic carbocycles. The summed E-state index contributed by atoms with van der Waals surface area (Å²) < 4.78 is 1.91. The van der Waals surface area contributed by atoms with E-state index in [4.69, 9.17) is 0 Å². The molecule has 0 saturated carbocycles. The fourth-order valence-electron chi connectivity index (χ4n) is 3.45. The summed E-state index contributed by atoms with van der Waals surface area (Å²) in [7, 11) is 0. The van der Waals surface area contributed by atoms with Crippen LogP contribution in [0.3, 0.4) is 0 Å². The molecule has 0 aliphatic carbocycles. The predicted molar refractivity (Wildman–Crippen MR) is 107 cm³/mol. The molecule has 0 aliphatic heterocycles. The molecule has 2 heterocycles. The summed E-state index contributed by atoms with van der Waals surface area (Å²) in [5.74, 6) is -2.34. The Morgan fingerprint density at radius 3 is 2.32 bits per heavy atom. The third kappa shape index (κ3) is 2.91. The molecule has 0 radical (unpaired) electrons. The number of para-hydroxylation sites is 1. The van der Waals surface area contributed by atoms with E-state index in [1.165, 1.54) is 0 Å². The lowest BCUT2D eigenvalue weighted by Gasteiger charge is -2.09. The van der Waals surface area contributed by atoms with Crippen molar-refractivity contribution in [1.29, 1.82) is 5.26 Å². The van der Waals surface area contributed by atoms with Gasteiger partial charge < -0.3 is 9.55 Å². The van der Waals surface area contributed by atoms with Gasteiger partial charge in [0.15, 0.2) is 17.5 Å². The van der Waals surface area contributed by atoms with Crippen LogP contribution in [0.1, 0.15) is 26.4 Å². The molecule has 0 bridgehead atoms. The number of carbonyl (C=O) groups excluding carboxylic acids is 2. The number of nitriles is 1. The quantitative estimate of drug-likeness (QED) is 0.417. The second kappa shape index (κ2) is 7.01. The van der Waals surface area contributed by atoms with Gasteiger partial charge in [-0.3, -0.25) is 9.59 Å². The highest BCUT2D eigenvalue weighted by Gasteiger charge is 2.31. The minimum Gasteiger partial charge on any atom is -0.358 e. The van der Waals surface area contributed by atoms with E-state index in [-0.39, 0.29) is 0 Å². The third-order valence-electron chi connectivity index (χ3n) is 4.85. The molecule has 2 aromatic heterocycles. The Labute approximate surface area is 161 Å². The second-order valence-corrected chi connectivity index (χ2v) is 6.60. The number of nitrogens with one attached hydrogen (secondary N) is 1. The van der Waals surface area contributed by atoms with Crippen molar-refractivity contribution in [2.75, 3.05) is 0 Å². The Kier molecular flexibility index (Phi) is 4.38. The first kappa shape index (κ1) is 17.5. The lowest BCUT2D eigenvalue weighted by molar-refractivity contribution is 0.0846. The van der Waals surface area contributed by atoms with Crippen LogP contribution in [0.25, 0.3) is 16.6 Å². The van der Waals surface area contributed by atoms with Gasteiger partial charge >= 0.3 is 0 Å². The van der Waals surface area contributed by atoms with E-state index in [0.717, 1.165) is 16.6 Å². The summed E-state index contributed by atoms with van der Waals surface area (Å²) in [4.78, 5) is 29.1. The minimum absolute atomic E-state index is 0.341. The number of ketones is 2. The van der Waals surface area contributed by atoms with Crippen LogP contribution >= 0.6 is 0 Å². The highest BCUT2D eigenvalue weighted by atomic mass is 16.2. The lowest BCUT2D eigenvalue weighted by Crippen LogP contribution is -2.23. The molecule has 0 unspecified atom stereocenters. The zero-order valence-corrected chi connectivity index (χ0v) is 15.2. The van der Waals surface area contributed by atoms with E-state index in [0.29, 0.717) is 16.8 Å². The number of rotatable bonds is 5. The van der Waals surface area contributed by atoms with Crippen LogP contribution in [0.5, 0.6) is 0 Å². The molecular formula is C23H17N3O2. The Bertz CT molecular complexity index is 1210. The first-order valence-electron chi connectivity index (χ1n) is 8.89. The number of fused-ring (bicyclic) bond motifs is 1. The number of Topliss-reactive ketones (excluding diaryl/α,β-unsaturated/α-hetero) is 2. The van der Waals surface area contributed by atoms with Crippen LogP contribution in [0.15, 0.2) is 73.1 Å². The maximum atomic E-state index is 13.1. The van der Waals surface area contributed by atoms with E-state index < -0.39 is 17.5 Å². The zero-order chi connectivity index (χ0) is 19.7. The predicted octanol–water partition coefficient (Wildman–Crippen LogP) is 4.47. The number of hydrogen-bond acceptors (Lipinski definition) is 3. The summed E-state index contributed by atoms with van der Waals surface area (Å²) in [5, 5.41) is 10.3. The maximum Gasteiger partial charge on any atom is 0.190 e. The molecule has 4 aromatic rings. The molecule has 0 amide bonds. The van der Waals surface area contributed by atoms with E-state index in [1.807, 2.05) is 59.4 Å². The summed E-state index contributed by atoms with van der Waals surface area (Å²) in [5.41, 5.74) is 3.10. The SMILES string of the molecule is Cc1[nH]c2ccccc2c1C(=O)[C@@H](C#N)C(=O)c1ccc(-n2cccc2)cc1. The van der Waals surface area contributed by atoms with Gasteiger partial charge in [-0.2, -0.15) is 5.26 Å². The Hall–Kier alpha value is -3.91. The number of nitrogens with zero attached hydrogens (tertiary/aromatic N) is 2. The Balaban J connectivity index is 1.66. The van der Waals surface area contributed by atoms with Crippen molar-refractivity contribution in [3.8, 4) is 11.8 Å². The molecular weight excluding hydrogens is 350 g/mol. The number of aryl methyl sites for hydroxylation is 1. The number of H-pyrrole nitrogens is 1. The van der Waals surface area contributed by atoms with Gasteiger partial charge in [0.2, 0.25) is 0 Å². The smallest absolute Gasteiger partial charge is 0.190 e. The van der Waals surface area contributed by atoms with Gasteiger partial charge in [-0.1, -0.05) is 18.2 Å². The van der Waals surface area contributed by atoms with E-state index in [1.54, 1.807) is 31.2 Å². The van der Waals surface area contributed by atoms with Crippen LogP contribution in [0, 0.1) is 24.2 Å². The monoisotopic (exact) mass is 367 g/mol. The van der Waals surface area contributed by atoms with Crippen molar-refractivity contribution in [2.45, 2.75) is 6.92 Å². The maximum absolute atomic E-state index is 13.1. The van der Waals surface area contributed by atoms with Crippen molar-refractivity contribution in [3.05, 3.63) is 89.9 Å². The molecule has 0 saturated heterocycles. The molecule has 5 heteroatoms. The van der Waals surface area contributed by atoms with Crippen molar-refractivity contribution < 1.29 is 9.59 Å². The summed E-state index contributed by atoms with van der Waals surface area (Å²) >= 11 is 0. The molecule has 1 atom stereocenters.